The smallest absolute Gasteiger partial charge is 0.267 e. The van der Waals surface area contributed by atoms with Gasteiger partial charge >= 0.3 is 0 Å². The van der Waals surface area contributed by atoms with Crippen LogP contribution >= 0.6 is 28.3 Å². The highest BCUT2D eigenvalue weighted by Crippen LogP contribution is 2.32. The van der Waals surface area contributed by atoms with Crippen LogP contribution in [0.5, 0.6) is 0 Å². The van der Waals surface area contributed by atoms with Crippen molar-refractivity contribution >= 4 is 56.8 Å². The normalized spacial score (nSPS) is 16.9. The van der Waals surface area contributed by atoms with E-state index in [2.05, 4.69) is 47.5 Å². The second-order valence-corrected chi connectivity index (χ2v) is 9.04. The van der Waals surface area contributed by atoms with Crippen molar-refractivity contribution in [3.8, 4) is 0 Å². The SMILES string of the molecule is Cc1c(Br)c(=O)n(C2CCCC2)c2nc(Nc3ccc(N4CCNCC4)cn3)ncc12.Cl. The van der Waals surface area contributed by atoms with Crippen LogP contribution in [0.15, 0.2) is 33.8 Å². The third kappa shape index (κ3) is 4.33. The number of rotatable bonds is 4. The van der Waals surface area contributed by atoms with Crippen LogP contribution in [0, 0.1) is 6.92 Å². The standard InChI is InChI=1S/C22H26BrN7O.ClH/c1-14-17-13-26-22(27-18-7-6-16(12-25-18)29-10-8-24-9-11-29)28-20(17)30(21(31)19(14)23)15-4-2-3-5-15;/h6-7,12-13,15,24H,2-5,8-11H2,1H3,(H,25,26,27,28);1H. The quantitative estimate of drug-likeness (QED) is 0.538. The second-order valence-electron chi connectivity index (χ2n) is 8.25. The van der Waals surface area contributed by atoms with Gasteiger partial charge in [-0.3, -0.25) is 9.36 Å². The molecule has 3 aromatic rings. The number of nitrogens with one attached hydrogen (secondary N) is 2. The van der Waals surface area contributed by atoms with E-state index in [-0.39, 0.29) is 24.0 Å². The largest absolute Gasteiger partial charge is 0.368 e. The monoisotopic (exact) mass is 519 g/mol. The van der Waals surface area contributed by atoms with E-state index < -0.39 is 0 Å². The van der Waals surface area contributed by atoms with E-state index in [4.69, 9.17) is 4.98 Å². The Morgan fingerprint density at radius 2 is 1.88 bits per heavy atom. The highest BCUT2D eigenvalue weighted by atomic mass is 79.9. The summed E-state index contributed by atoms with van der Waals surface area (Å²) in [6.07, 6.45) is 7.97. The molecular weight excluding hydrogens is 494 g/mol. The fourth-order valence-corrected chi connectivity index (χ4v) is 4.95. The molecule has 1 aliphatic heterocycles. The molecule has 0 amide bonds. The Morgan fingerprint density at radius 3 is 2.56 bits per heavy atom. The summed E-state index contributed by atoms with van der Waals surface area (Å²) in [5, 5.41) is 7.46. The van der Waals surface area contributed by atoms with Gasteiger partial charge in [-0.05, 0) is 53.4 Å². The molecule has 170 valence electrons. The van der Waals surface area contributed by atoms with Gasteiger partial charge in [-0.15, -0.1) is 12.4 Å². The number of nitrogens with zero attached hydrogens (tertiary/aromatic N) is 5. The third-order valence-corrected chi connectivity index (χ3v) is 7.23. The summed E-state index contributed by atoms with van der Waals surface area (Å²) in [6, 6.07) is 4.20. The van der Waals surface area contributed by atoms with Gasteiger partial charge in [-0.25, -0.2) is 9.97 Å². The number of pyridine rings is 2. The molecule has 3 aromatic heterocycles. The van der Waals surface area contributed by atoms with Gasteiger partial charge < -0.3 is 15.5 Å². The lowest BCUT2D eigenvalue weighted by molar-refractivity contribution is 0.514. The summed E-state index contributed by atoms with van der Waals surface area (Å²) in [4.78, 5) is 29.2. The average molecular weight is 521 g/mol. The topological polar surface area (TPSA) is 88.0 Å². The van der Waals surface area contributed by atoms with Gasteiger partial charge in [0, 0.05) is 43.8 Å². The lowest BCUT2D eigenvalue weighted by Crippen LogP contribution is -2.43. The van der Waals surface area contributed by atoms with E-state index in [1.54, 1.807) is 6.20 Å². The number of aromatic nitrogens is 4. The molecule has 10 heteroatoms. The molecule has 32 heavy (non-hydrogen) atoms. The minimum absolute atomic E-state index is 0. The summed E-state index contributed by atoms with van der Waals surface area (Å²) in [7, 11) is 0. The molecule has 2 N–H and O–H groups in total. The van der Waals surface area contributed by atoms with Crippen LogP contribution in [0.4, 0.5) is 17.5 Å². The molecule has 0 aromatic carbocycles. The third-order valence-electron chi connectivity index (χ3n) is 6.30. The van der Waals surface area contributed by atoms with E-state index in [1.165, 1.54) is 0 Å². The molecule has 2 fully saturated rings. The summed E-state index contributed by atoms with van der Waals surface area (Å²) < 4.78 is 2.45. The van der Waals surface area contributed by atoms with Gasteiger partial charge in [0.2, 0.25) is 5.95 Å². The Kier molecular flexibility index (Phi) is 6.97. The average Bonchev–Trinajstić information content (AvgIpc) is 3.33. The fraction of sp³-hybridized carbons (Fsp3) is 0.455. The summed E-state index contributed by atoms with van der Waals surface area (Å²) in [6.45, 7) is 5.87. The zero-order valence-corrected chi connectivity index (χ0v) is 20.4. The van der Waals surface area contributed by atoms with Crippen molar-refractivity contribution < 1.29 is 0 Å². The first kappa shape index (κ1) is 22.9. The Morgan fingerprint density at radius 1 is 1.12 bits per heavy atom. The summed E-state index contributed by atoms with van der Waals surface area (Å²) >= 11 is 3.49. The van der Waals surface area contributed by atoms with Crippen LogP contribution in [0.1, 0.15) is 37.3 Å². The lowest BCUT2D eigenvalue weighted by Gasteiger charge is -2.29. The summed E-state index contributed by atoms with van der Waals surface area (Å²) in [5.74, 6) is 1.13. The van der Waals surface area contributed by atoms with Crippen LogP contribution in [-0.2, 0) is 0 Å². The van der Waals surface area contributed by atoms with E-state index in [0.29, 0.717) is 21.9 Å². The second kappa shape index (κ2) is 9.72. The van der Waals surface area contributed by atoms with E-state index >= 15 is 0 Å². The number of halogens is 2. The minimum atomic E-state index is -0.0138. The van der Waals surface area contributed by atoms with Crippen molar-refractivity contribution in [2.45, 2.75) is 38.6 Å². The van der Waals surface area contributed by atoms with Crippen LogP contribution in [0.25, 0.3) is 11.0 Å². The number of piperazine rings is 1. The Balaban J connectivity index is 0.00000245. The molecule has 0 radical (unpaired) electrons. The van der Waals surface area contributed by atoms with Crippen molar-refractivity contribution in [2.75, 3.05) is 36.4 Å². The number of hydrogen-bond donors (Lipinski definition) is 2. The van der Waals surface area contributed by atoms with Crippen molar-refractivity contribution in [1.29, 1.82) is 0 Å². The Labute approximate surface area is 201 Å². The molecular formula is C22H27BrClN7O. The molecule has 1 saturated heterocycles. The van der Waals surface area contributed by atoms with E-state index in [0.717, 1.165) is 68.5 Å². The fourth-order valence-electron chi connectivity index (χ4n) is 4.55. The first-order valence-electron chi connectivity index (χ1n) is 10.9. The maximum absolute atomic E-state index is 13.1. The molecule has 0 atom stereocenters. The zero-order valence-electron chi connectivity index (χ0n) is 18.0. The first-order valence-corrected chi connectivity index (χ1v) is 11.7. The molecule has 1 saturated carbocycles. The molecule has 0 unspecified atom stereocenters. The maximum Gasteiger partial charge on any atom is 0.267 e. The van der Waals surface area contributed by atoms with Crippen molar-refractivity contribution in [3.63, 3.8) is 0 Å². The molecule has 1 aliphatic carbocycles. The van der Waals surface area contributed by atoms with Gasteiger partial charge in [0.05, 0.1) is 16.4 Å². The molecule has 0 spiro atoms. The van der Waals surface area contributed by atoms with Crippen LogP contribution < -0.4 is 21.1 Å². The predicted octanol–water partition coefficient (Wildman–Crippen LogP) is 3.95. The van der Waals surface area contributed by atoms with Crippen LogP contribution in [0.2, 0.25) is 0 Å². The lowest BCUT2D eigenvalue weighted by atomic mass is 10.1. The number of anilines is 3. The van der Waals surface area contributed by atoms with Crippen LogP contribution in [-0.4, -0.2) is 45.7 Å². The maximum atomic E-state index is 13.1. The van der Waals surface area contributed by atoms with Gasteiger partial charge in [0.25, 0.3) is 5.56 Å². The van der Waals surface area contributed by atoms with Gasteiger partial charge in [-0.2, -0.15) is 4.98 Å². The summed E-state index contributed by atoms with van der Waals surface area (Å²) in [5.41, 5.74) is 2.66. The predicted molar refractivity (Wildman–Crippen MR) is 134 cm³/mol. The number of aryl methyl sites for hydroxylation is 1. The van der Waals surface area contributed by atoms with Gasteiger partial charge in [0.15, 0.2) is 0 Å². The first-order chi connectivity index (χ1) is 15.1. The molecule has 8 nitrogen and oxygen atoms in total. The van der Waals surface area contributed by atoms with Gasteiger partial charge in [0.1, 0.15) is 11.5 Å². The number of fused-ring (bicyclic) bond motifs is 1. The minimum Gasteiger partial charge on any atom is -0.368 e. The molecule has 4 heterocycles. The van der Waals surface area contributed by atoms with Crippen molar-refractivity contribution in [1.82, 2.24) is 24.8 Å². The van der Waals surface area contributed by atoms with E-state index in [1.807, 2.05) is 23.8 Å². The highest BCUT2D eigenvalue weighted by molar-refractivity contribution is 9.10. The number of hydrogen-bond acceptors (Lipinski definition) is 7. The van der Waals surface area contributed by atoms with E-state index in [9.17, 15) is 4.79 Å². The Hall–Kier alpha value is -2.23. The highest BCUT2D eigenvalue weighted by Gasteiger charge is 2.24. The molecule has 5 rings (SSSR count). The van der Waals surface area contributed by atoms with Gasteiger partial charge in [-0.1, -0.05) is 12.8 Å². The Bertz CT molecular complexity index is 1160. The van der Waals surface area contributed by atoms with Crippen LogP contribution in [0.3, 0.4) is 0 Å². The van der Waals surface area contributed by atoms with Crippen molar-refractivity contribution in [2.24, 2.45) is 0 Å². The molecule has 0 bridgehead atoms. The molecule has 2 aliphatic rings. The zero-order chi connectivity index (χ0) is 21.4. The van der Waals surface area contributed by atoms with Crippen molar-refractivity contribution in [3.05, 3.63) is 44.9 Å².